The van der Waals surface area contributed by atoms with Crippen molar-refractivity contribution < 1.29 is 9.90 Å². The van der Waals surface area contributed by atoms with Crippen molar-refractivity contribution in [3.63, 3.8) is 0 Å². The first-order valence-electron chi connectivity index (χ1n) is 6.13. The maximum atomic E-state index is 11.2. The fourth-order valence-corrected chi connectivity index (χ4v) is 2.68. The van der Waals surface area contributed by atoms with Gasteiger partial charge in [0.2, 0.25) is 0 Å². The molecule has 1 aliphatic carbocycles. The standard InChI is InChI=1S/C14H13BrN2O2/c15-11-3-1-2-10-9(11)4-7-16-12(10)17-8-14(5-6-14)13(18)19/h1-4,7H,5-6,8H2,(H,16,17)(H,18,19). The van der Waals surface area contributed by atoms with Crippen molar-refractivity contribution in [2.45, 2.75) is 12.8 Å². The van der Waals surface area contributed by atoms with Gasteiger partial charge in [-0.3, -0.25) is 4.79 Å². The molecule has 1 saturated carbocycles. The molecule has 5 heteroatoms. The van der Waals surface area contributed by atoms with Crippen LogP contribution in [0.2, 0.25) is 0 Å². The Morgan fingerprint density at radius 3 is 2.84 bits per heavy atom. The van der Waals surface area contributed by atoms with Crippen molar-refractivity contribution in [3.05, 3.63) is 34.9 Å². The van der Waals surface area contributed by atoms with Crippen molar-refractivity contribution in [2.75, 3.05) is 11.9 Å². The number of fused-ring (bicyclic) bond motifs is 1. The van der Waals surface area contributed by atoms with Gasteiger partial charge < -0.3 is 10.4 Å². The molecule has 0 saturated heterocycles. The number of anilines is 1. The molecule has 1 heterocycles. The Hall–Kier alpha value is -1.62. The predicted molar refractivity (Wildman–Crippen MR) is 77.2 cm³/mol. The molecule has 1 fully saturated rings. The zero-order chi connectivity index (χ0) is 13.5. The summed E-state index contributed by atoms with van der Waals surface area (Å²) in [5.74, 6) is 0.0211. The van der Waals surface area contributed by atoms with Gasteiger partial charge in [-0.15, -0.1) is 0 Å². The lowest BCUT2D eigenvalue weighted by Gasteiger charge is -2.13. The molecule has 19 heavy (non-hydrogen) atoms. The zero-order valence-electron chi connectivity index (χ0n) is 10.2. The number of hydrogen-bond donors (Lipinski definition) is 2. The van der Waals surface area contributed by atoms with Crippen LogP contribution < -0.4 is 5.32 Å². The van der Waals surface area contributed by atoms with Crippen LogP contribution in [0.15, 0.2) is 34.9 Å². The van der Waals surface area contributed by atoms with E-state index in [4.69, 9.17) is 0 Å². The van der Waals surface area contributed by atoms with E-state index in [1.165, 1.54) is 0 Å². The first kappa shape index (κ1) is 12.4. The normalized spacial score (nSPS) is 16.3. The maximum absolute atomic E-state index is 11.2. The maximum Gasteiger partial charge on any atom is 0.311 e. The number of aromatic nitrogens is 1. The summed E-state index contributed by atoms with van der Waals surface area (Å²) < 4.78 is 1.01. The Kier molecular flexibility index (Phi) is 2.93. The molecule has 0 spiro atoms. The minimum Gasteiger partial charge on any atom is -0.481 e. The van der Waals surface area contributed by atoms with Gasteiger partial charge in [0.15, 0.2) is 0 Å². The topological polar surface area (TPSA) is 62.2 Å². The van der Waals surface area contributed by atoms with Crippen LogP contribution in [-0.4, -0.2) is 22.6 Å². The van der Waals surface area contributed by atoms with Crippen molar-refractivity contribution in [1.82, 2.24) is 4.98 Å². The van der Waals surface area contributed by atoms with Gasteiger partial charge in [0.1, 0.15) is 5.82 Å². The Morgan fingerprint density at radius 2 is 2.16 bits per heavy atom. The van der Waals surface area contributed by atoms with Crippen LogP contribution in [-0.2, 0) is 4.79 Å². The molecule has 3 rings (SSSR count). The Labute approximate surface area is 119 Å². The molecule has 0 unspecified atom stereocenters. The molecule has 2 N–H and O–H groups in total. The third-order valence-corrected chi connectivity index (χ3v) is 4.35. The highest BCUT2D eigenvalue weighted by molar-refractivity contribution is 9.10. The van der Waals surface area contributed by atoms with Crippen LogP contribution in [0.4, 0.5) is 5.82 Å². The van der Waals surface area contributed by atoms with E-state index < -0.39 is 11.4 Å². The van der Waals surface area contributed by atoms with Gasteiger partial charge >= 0.3 is 5.97 Å². The average Bonchev–Trinajstić information content (AvgIpc) is 3.18. The molecule has 4 nitrogen and oxygen atoms in total. The predicted octanol–water partition coefficient (Wildman–Crippen LogP) is 3.27. The van der Waals surface area contributed by atoms with Crippen molar-refractivity contribution in [3.8, 4) is 0 Å². The fourth-order valence-electron chi connectivity index (χ4n) is 2.18. The second-order valence-corrected chi connectivity index (χ2v) is 5.79. The number of hydrogen-bond acceptors (Lipinski definition) is 3. The Morgan fingerprint density at radius 1 is 1.37 bits per heavy atom. The highest BCUT2D eigenvalue weighted by Gasteiger charge is 2.50. The zero-order valence-corrected chi connectivity index (χ0v) is 11.8. The van der Waals surface area contributed by atoms with Crippen LogP contribution in [0.3, 0.4) is 0 Å². The van der Waals surface area contributed by atoms with Gasteiger partial charge in [-0.25, -0.2) is 4.98 Å². The van der Waals surface area contributed by atoms with Crippen molar-refractivity contribution in [2.24, 2.45) is 5.41 Å². The largest absolute Gasteiger partial charge is 0.481 e. The average molecular weight is 321 g/mol. The number of nitrogens with one attached hydrogen (secondary N) is 1. The van der Waals surface area contributed by atoms with E-state index in [1.807, 2.05) is 24.3 Å². The van der Waals surface area contributed by atoms with Gasteiger partial charge in [0, 0.05) is 28.0 Å². The molecule has 1 aromatic carbocycles. The van der Waals surface area contributed by atoms with Gasteiger partial charge in [0.25, 0.3) is 0 Å². The molecule has 0 radical (unpaired) electrons. The summed E-state index contributed by atoms with van der Waals surface area (Å²) in [5, 5.41) is 14.4. The number of benzene rings is 1. The SMILES string of the molecule is O=C(O)C1(CNc2nccc3c(Br)cccc23)CC1. The van der Waals surface area contributed by atoms with Crippen LogP contribution in [0.25, 0.3) is 10.8 Å². The number of nitrogens with zero attached hydrogens (tertiary/aromatic N) is 1. The molecule has 0 aliphatic heterocycles. The van der Waals surface area contributed by atoms with Crippen molar-refractivity contribution >= 4 is 38.5 Å². The number of carboxylic acids is 1. The quantitative estimate of drug-likeness (QED) is 0.907. The van der Waals surface area contributed by atoms with Gasteiger partial charge in [-0.1, -0.05) is 28.1 Å². The smallest absolute Gasteiger partial charge is 0.311 e. The molecular formula is C14H13BrN2O2. The van der Waals surface area contributed by atoms with Crippen LogP contribution >= 0.6 is 15.9 Å². The van der Waals surface area contributed by atoms with E-state index in [0.29, 0.717) is 6.54 Å². The second kappa shape index (κ2) is 4.49. The van der Waals surface area contributed by atoms with Gasteiger partial charge in [-0.05, 0) is 25.0 Å². The summed E-state index contributed by atoms with van der Waals surface area (Å²) >= 11 is 3.51. The summed E-state index contributed by atoms with van der Waals surface area (Å²) in [6.45, 7) is 0.432. The Balaban J connectivity index is 1.90. The second-order valence-electron chi connectivity index (χ2n) is 4.93. The Bertz CT molecular complexity index is 653. The van der Waals surface area contributed by atoms with E-state index in [0.717, 1.165) is 33.9 Å². The third-order valence-electron chi connectivity index (χ3n) is 3.65. The lowest BCUT2D eigenvalue weighted by molar-refractivity contribution is -0.142. The minimum atomic E-state index is -0.721. The number of halogens is 1. The number of aliphatic carboxylic acids is 1. The molecule has 0 amide bonds. The molecule has 2 aromatic rings. The minimum absolute atomic E-state index is 0.432. The lowest BCUT2D eigenvalue weighted by Crippen LogP contribution is -2.24. The van der Waals surface area contributed by atoms with Crippen LogP contribution in [0.5, 0.6) is 0 Å². The first-order chi connectivity index (χ1) is 9.12. The third kappa shape index (κ3) is 2.18. The summed E-state index contributed by atoms with van der Waals surface area (Å²) in [5.41, 5.74) is -0.587. The molecule has 0 atom stereocenters. The molecule has 0 bridgehead atoms. The number of pyridine rings is 1. The highest BCUT2D eigenvalue weighted by Crippen LogP contribution is 2.46. The van der Waals surface area contributed by atoms with E-state index in [9.17, 15) is 9.90 Å². The van der Waals surface area contributed by atoms with E-state index in [-0.39, 0.29) is 0 Å². The van der Waals surface area contributed by atoms with Crippen LogP contribution in [0.1, 0.15) is 12.8 Å². The molecule has 98 valence electrons. The molecule has 1 aliphatic rings. The van der Waals surface area contributed by atoms with E-state index >= 15 is 0 Å². The summed E-state index contributed by atoms with van der Waals surface area (Å²) in [7, 11) is 0. The summed E-state index contributed by atoms with van der Waals surface area (Å²) in [6, 6.07) is 7.85. The van der Waals surface area contributed by atoms with Crippen LogP contribution in [0, 0.1) is 5.41 Å². The fraction of sp³-hybridized carbons (Fsp3) is 0.286. The van der Waals surface area contributed by atoms with E-state index in [2.05, 4.69) is 26.2 Å². The first-order valence-corrected chi connectivity index (χ1v) is 6.92. The van der Waals surface area contributed by atoms with Gasteiger partial charge in [0.05, 0.1) is 5.41 Å². The highest BCUT2D eigenvalue weighted by atomic mass is 79.9. The monoisotopic (exact) mass is 320 g/mol. The number of carbonyl (C=O) groups is 1. The van der Waals surface area contributed by atoms with Gasteiger partial charge in [-0.2, -0.15) is 0 Å². The molecule has 1 aromatic heterocycles. The molecular weight excluding hydrogens is 308 g/mol. The summed E-state index contributed by atoms with van der Waals surface area (Å²) in [6.07, 6.45) is 3.21. The van der Waals surface area contributed by atoms with Crippen molar-refractivity contribution in [1.29, 1.82) is 0 Å². The number of carboxylic acid groups (broad SMARTS) is 1. The summed E-state index contributed by atoms with van der Waals surface area (Å²) in [4.78, 5) is 15.5. The number of rotatable bonds is 4. The van der Waals surface area contributed by atoms with E-state index in [1.54, 1.807) is 6.20 Å². The lowest BCUT2D eigenvalue weighted by atomic mass is 10.1.